The number of amides is 1. The van der Waals surface area contributed by atoms with Gasteiger partial charge in [0.15, 0.2) is 0 Å². The maximum Gasteiger partial charge on any atom is 0.501 e. The quantitative estimate of drug-likeness (QED) is 0.453. The molecule has 30 heavy (non-hydrogen) atoms. The van der Waals surface area contributed by atoms with Crippen molar-refractivity contribution in [2.24, 2.45) is 0 Å². The Balaban J connectivity index is 2.49. The van der Waals surface area contributed by atoms with Crippen molar-refractivity contribution < 1.29 is 31.5 Å². The van der Waals surface area contributed by atoms with Gasteiger partial charge in [0.25, 0.3) is 15.7 Å². The summed E-state index contributed by atoms with van der Waals surface area (Å²) in [7, 11) is -5.58. The number of sulfone groups is 1. The van der Waals surface area contributed by atoms with E-state index in [-0.39, 0.29) is 17.0 Å². The highest BCUT2D eigenvalue weighted by atomic mass is 127. The number of alkyl halides is 3. The average molecular weight is 576 g/mol. The van der Waals surface area contributed by atoms with Gasteiger partial charge in [-0.3, -0.25) is 4.79 Å². The van der Waals surface area contributed by atoms with E-state index in [4.69, 9.17) is 11.6 Å². The Kier molecular flexibility index (Phi) is 6.76. The molecule has 164 valence electrons. The minimum absolute atomic E-state index is 0.00474. The maximum atomic E-state index is 12.8. The molecule has 0 aliphatic carbocycles. The molecule has 0 aliphatic rings. The van der Waals surface area contributed by atoms with Gasteiger partial charge in [-0.15, -0.1) is 0 Å². The second-order valence-electron chi connectivity index (χ2n) is 7.55. The molecule has 0 saturated heterocycles. The fourth-order valence-electron chi connectivity index (χ4n) is 2.67. The third-order valence-corrected chi connectivity index (χ3v) is 7.25. The Bertz CT molecular complexity index is 1130. The SMILES string of the molecule is Cc1c(I)cc(C(C)(C)C)c(O)c1C(=O)Nc1ccc(S(=O)(=O)C(F)(F)F)cc1Cl. The number of hydrogen-bond acceptors (Lipinski definition) is 4. The lowest BCUT2D eigenvalue weighted by Crippen LogP contribution is -2.23. The Morgan fingerprint density at radius 3 is 2.20 bits per heavy atom. The molecule has 5 nitrogen and oxygen atoms in total. The van der Waals surface area contributed by atoms with Gasteiger partial charge in [0, 0.05) is 9.13 Å². The van der Waals surface area contributed by atoms with E-state index in [0.717, 1.165) is 9.64 Å². The number of nitrogens with one attached hydrogen (secondary N) is 1. The molecule has 0 aromatic heterocycles. The zero-order valence-electron chi connectivity index (χ0n) is 16.3. The van der Waals surface area contributed by atoms with Gasteiger partial charge >= 0.3 is 5.51 Å². The zero-order valence-corrected chi connectivity index (χ0v) is 20.0. The van der Waals surface area contributed by atoms with Crippen molar-refractivity contribution in [1.82, 2.24) is 0 Å². The van der Waals surface area contributed by atoms with Crippen LogP contribution in [0.4, 0.5) is 18.9 Å². The summed E-state index contributed by atoms with van der Waals surface area (Å²) in [5.41, 5.74) is -4.99. The molecule has 0 radical (unpaired) electrons. The molecule has 0 spiro atoms. The molecule has 2 rings (SSSR count). The van der Waals surface area contributed by atoms with Crippen LogP contribution in [0.25, 0.3) is 0 Å². The molecular weight excluding hydrogens is 558 g/mol. The number of carbonyl (C=O) groups is 1. The van der Waals surface area contributed by atoms with Crippen LogP contribution in [-0.2, 0) is 15.3 Å². The van der Waals surface area contributed by atoms with Crippen LogP contribution < -0.4 is 5.32 Å². The van der Waals surface area contributed by atoms with Gasteiger partial charge < -0.3 is 10.4 Å². The van der Waals surface area contributed by atoms with Crippen LogP contribution in [0, 0.1) is 10.5 Å². The summed E-state index contributed by atoms with van der Waals surface area (Å²) in [6, 6.07) is 4.05. The number of halogens is 5. The van der Waals surface area contributed by atoms with Crippen molar-refractivity contribution >= 4 is 55.6 Å². The van der Waals surface area contributed by atoms with Gasteiger partial charge in [0.1, 0.15) is 5.75 Å². The highest BCUT2D eigenvalue weighted by Crippen LogP contribution is 2.38. The number of rotatable bonds is 3. The van der Waals surface area contributed by atoms with Gasteiger partial charge in [-0.1, -0.05) is 32.4 Å². The third kappa shape index (κ3) is 4.70. The first-order valence-corrected chi connectivity index (χ1v) is 11.4. The smallest absolute Gasteiger partial charge is 0.501 e. The van der Waals surface area contributed by atoms with Gasteiger partial charge in [-0.25, -0.2) is 8.42 Å². The molecular formula is C19H18ClF3INO4S. The predicted molar refractivity (Wildman–Crippen MR) is 117 cm³/mol. The van der Waals surface area contributed by atoms with Gasteiger partial charge in [0.2, 0.25) is 0 Å². The molecule has 0 heterocycles. The first-order valence-electron chi connectivity index (χ1n) is 8.43. The molecule has 0 atom stereocenters. The Labute approximate surface area is 190 Å². The normalized spacial score (nSPS) is 12.7. The molecule has 2 aromatic rings. The van der Waals surface area contributed by atoms with Crippen LogP contribution >= 0.6 is 34.2 Å². The third-order valence-electron chi connectivity index (χ3n) is 4.34. The van der Waals surface area contributed by atoms with E-state index in [1.54, 1.807) is 13.0 Å². The summed E-state index contributed by atoms with van der Waals surface area (Å²) < 4.78 is 61.9. The summed E-state index contributed by atoms with van der Waals surface area (Å²) in [5, 5.41) is 12.7. The summed E-state index contributed by atoms with van der Waals surface area (Å²) in [4.78, 5) is 11.8. The van der Waals surface area contributed by atoms with E-state index >= 15 is 0 Å². The van der Waals surface area contributed by atoms with E-state index in [0.29, 0.717) is 23.3 Å². The Morgan fingerprint density at radius 2 is 1.73 bits per heavy atom. The number of hydrogen-bond donors (Lipinski definition) is 2. The van der Waals surface area contributed by atoms with Crippen molar-refractivity contribution in [3.05, 3.63) is 49.5 Å². The van der Waals surface area contributed by atoms with Crippen molar-refractivity contribution in [2.75, 3.05) is 5.32 Å². The van der Waals surface area contributed by atoms with E-state index < -0.39 is 36.6 Å². The molecule has 11 heteroatoms. The number of anilines is 1. The lowest BCUT2D eigenvalue weighted by atomic mass is 9.84. The van der Waals surface area contributed by atoms with Gasteiger partial charge in [-0.2, -0.15) is 13.2 Å². The van der Waals surface area contributed by atoms with Crippen LogP contribution in [-0.4, -0.2) is 24.9 Å². The first kappa shape index (κ1) is 24.7. The molecule has 0 saturated carbocycles. The lowest BCUT2D eigenvalue weighted by molar-refractivity contribution is -0.0436. The van der Waals surface area contributed by atoms with Crippen molar-refractivity contribution in [3.8, 4) is 5.75 Å². The monoisotopic (exact) mass is 575 g/mol. The van der Waals surface area contributed by atoms with Gasteiger partial charge in [0.05, 0.1) is 21.2 Å². The van der Waals surface area contributed by atoms with E-state index in [2.05, 4.69) is 5.32 Å². The molecule has 0 fully saturated rings. The second kappa shape index (κ2) is 8.19. The van der Waals surface area contributed by atoms with E-state index in [1.165, 1.54) is 0 Å². The minimum Gasteiger partial charge on any atom is -0.507 e. The fraction of sp³-hybridized carbons (Fsp3) is 0.316. The maximum absolute atomic E-state index is 12.8. The number of phenolic OH excluding ortho intramolecular Hbond substituents is 1. The van der Waals surface area contributed by atoms with Crippen LogP contribution in [0.1, 0.15) is 42.3 Å². The van der Waals surface area contributed by atoms with Crippen molar-refractivity contribution in [1.29, 1.82) is 0 Å². The van der Waals surface area contributed by atoms with Crippen LogP contribution in [0.15, 0.2) is 29.2 Å². The number of carbonyl (C=O) groups excluding carboxylic acids is 1. The molecule has 0 aliphatic heterocycles. The first-order chi connectivity index (χ1) is 13.5. The number of phenols is 1. The number of aromatic hydroxyl groups is 1. The average Bonchev–Trinajstić information content (AvgIpc) is 2.58. The molecule has 2 N–H and O–H groups in total. The molecule has 2 aromatic carbocycles. The Hall–Kier alpha value is -1.53. The molecule has 0 bridgehead atoms. The van der Waals surface area contributed by atoms with E-state index in [1.807, 2.05) is 43.4 Å². The van der Waals surface area contributed by atoms with Crippen LogP contribution in [0.3, 0.4) is 0 Å². The minimum atomic E-state index is -5.58. The largest absolute Gasteiger partial charge is 0.507 e. The summed E-state index contributed by atoms with van der Waals surface area (Å²) in [6.07, 6.45) is 0. The molecule has 1 amide bonds. The lowest BCUT2D eigenvalue weighted by Gasteiger charge is -2.24. The highest BCUT2D eigenvalue weighted by Gasteiger charge is 2.47. The number of benzene rings is 2. The summed E-state index contributed by atoms with van der Waals surface area (Å²) in [6.45, 7) is 7.24. The topological polar surface area (TPSA) is 83.5 Å². The Morgan fingerprint density at radius 1 is 1.17 bits per heavy atom. The van der Waals surface area contributed by atoms with E-state index in [9.17, 15) is 31.5 Å². The fourth-order valence-corrected chi connectivity index (χ4v) is 4.33. The predicted octanol–water partition coefficient (Wildman–Crippen LogP) is 5.80. The highest BCUT2D eigenvalue weighted by molar-refractivity contribution is 14.1. The van der Waals surface area contributed by atoms with Gasteiger partial charge in [-0.05, 0) is 64.8 Å². The standard InChI is InChI=1S/C19H18ClF3INO4S/c1-9-13(24)8-11(18(2,3)4)16(26)15(9)17(27)25-14-6-5-10(7-12(14)20)30(28,29)19(21,22)23/h5-8,26H,1-4H3,(H,25,27). The van der Waals surface area contributed by atoms with Crippen LogP contribution in [0.2, 0.25) is 5.02 Å². The summed E-state index contributed by atoms with van der Waals surface area (Å²) >= 11 is 7.95. The van der Waals surface area contributed by atoms with Crippen LogP contribution in [0.5, 0.6) is 5.75 Å². The zero-order chi connectivity index (χ0) is 23.2. The van der Waals surface area contributed by atoms with Crippen molar-refractivity contribution in [3.63, 3.8) is 0 Å². The summed E-state index contributed by atoms with van der Waals surface area (Å²) in [5.74, 6) is -0.951. The second-order valence-corrected chi connectivity index (χ2v) is 11.1. The van der Waals surface area contributed by atoms with Crippen molar-refractivity contribution in [2.45, 2.75) is 43.5 Å². The molecule has 0 unspecified atom stereocenters.